The van der Waals surface area contributed by atoms with E-state index < -0.39 is 5.82 Å². The van der Waals surface area contributed by atoms with Gasteiger partial charge in [0.25, 0.3) is 5.91 Å². The molecule has 2 aromatic carbocycles. The molecule has 7 heteroatoms. The zero-order chi connectivity index (χ0) is 23.0. The number of Topliss-reactive ketones (excluding diaryl/α,β-unsaturated/α-hetero) is 1. The van der Waals surface area contributed by atoms with Crippen LogP contribution in [0.15, 0.2) is 36.4 Å². The average Bonchev–Trinajstić information content (AvgIpc) is 3.34. The fourth-order valence-electron chi connectivity index (χ4n) is 4.07. The fraction of sp³-hybridized carbons (Fsp3) is 0.320. The Bertz CT molecular complexity index is 1220. The van der Waals surface area contributed by atoms with Gasteiger partial charge in [0, 0.05) is 30.2 Å². The molecule has 0 fully saturated rings. The van der Waals surface area contributed by atoms with Crippen LogP contribution in [0.25, 0.3) is 11.1 Å². The molecule has 1 aliphatic heterocycles. The summed E-state index contributed by atoms with van der Waals surface area (Å²) in [5.74, 6) is -0.149. The van der Waals surface area contributed by atoms with Gasteiger partial charge in [0.15, 0.2) is 5.78 Å². The molecule has 1 aromatic heterocycles. The Kier molecular flexibility index (Phi) is 5.82. The topological polar surface area (TPSA) is 73.2 Å². The van der Waals surface area contributed by atoms with E-state index in [2.05, 4.69) is 10.4 Å². The normalized spacial score (nSPS) is 14.7. The van der Waals surface area contributed by atoms with Crippen LogP contribution in [0.2, 0.25) is 0 Å². The van der Waals surface area contributed by atoms with Crippen molar-refractivity contribution in [2.24, 2.45) is 7.05 Å². The summed E-state index contributed by atoms with van der Waals surface area (Å²) in [6.07, 6.45) is 1.09. The summed E-state index contributed by atoms with van der Waals surface area (Å²) in [4.78, 5) is 24.4. The molecule has 1 N–H and O–H groups in total. The lowest BCUT2D eigenvalue weighted by atomic mass is 9.95. The molecule has 1 atom stereocenters. The molecular weight excluding hydrogens is 409 g/mol. The Labute approximate surface area is 186 Å². The minimum Gasteiger partial charge on any atom is -0.487 e. The number of amides is 1. The van der Waals surface area contributed by atoms with Crippen LogP contribution in [0, 0.1) is 12.7 Å². The standard InChI is InChI=1S/C25H26FN3O3/c1-5-18-12-23(29(4)28-18)25(31)27-13-19-10-17-8-14(2)9-21(24(17)32-19)20-11-16(15(3)30)6-7-22(20)26/h6-9,11-12,19H,5,10,13H2,1-4H3,(H,27,31)/t19-/m1/s1. The van der Waals surface area contributed by atoms with Gasteiger partial charge in [-0.2, -0.15) is 5.10 Å². The van der Waals surface area contributed by atoms with Crippen molar-refractivity contribution in [2.45, 2.75) is 39.7 Å². The van der Waals surface area contributed by atoms with E-state index in [1.54, 1.807) is 23.9 Å². The Morgan fingerprint density at radius 1 is 1.22 bits per heavy atom. The number of aryl methyl sites for hydroxylation is 3. The number of hydrogen-bond acceptors (Lipinski definition) is 4. The van der Waals surface area contributed by atoms with E-state index in [9.17, 15) is 14.0 Å². The molecule has 0 saturated carbocycles. The molecule has 0 bridgehead atoms. The number of ketones is 1. The second kappa shape index (κ2) is 8.57. The van der Waals surface area contributed by atoms with Gasteiger partial charge < -0.3 is 10.1 Å². The van der Waals surface area contributed by atoms with Crippen LogP contribution >= 0.6 is 0 Å². The first-order chi connectivity index (χ1) is 15.3. The summed E-state index contributed by atoms with van der Waals surface area (Å²) in [5.41, 5.74) is 4.69. The molecule has 4 rings (SSSR count). The zero-order valence-corrected chi connectivity index (χ0v) is 18.7. The van der Waals surface area contributed by atoms with E-state index >= 15 is 0 Å². The lowest BCUT2D eigenvalue weighted by molar-refractivity contribution is 0.0923. The molecule has 0 aliphatic carbocycles. The van der Waals surface area contributed by atoms with Crippen LogP contribution in [0.1, 0.15) is 51.5 Å². The third-order valence-corrected chi connectivity index (χ3v) is 5.72. The molecule has 0 spiro atoms. The smallest absolute Gasteiger partial charge is 0.269 e. The van der Waals surface area contributed by atoms with Gasteiger partial charge in [-0.05, 0) is 61.7 Å². The van der Waals surface area contributed by atoms with Gasteiger partial charge in [0.1, 0.15) is 23.4 Å². The monoisotopic (exact) mass is 435 g/mol. The number of nitrogens with zero attached hydrogens (tertiary/aromatic N) is 2. The van der Waals surface area contributed by atoms with Gasteiger partial charge in [0.2, 0.25) is 0 Å². The Balaban J connectivity index is 1.55. The lowest BCUT2D eigenvalue weighted by Gasteiger charge is -2.15. The molecule has 0 saturated heterocycles. The van der Waals surface area contributed by atoms with Crippen LogP contribution in [0.5, 0.6) is 5.75 Å². The first-order valence-electron chi connectivity index (χ1n) is 10.7. The van der Waals surface area contributed by atoms with Gasteiger partial charge in [0.05, 0.1) is 12.2 Å². The molecule has 1 amide bonds. The van der Waals surface area contributed by atoms with Crippen molar-refractivity contribution in [1.29, 1.82) is 0 Å². The summed E-state index contributed by atoms with van der Waals surface area (Å²) < 4.78 is 22.4. The molecule has 32 heavy (non-hydrogen) atoms. The van der Waals surface area contributed by atoms with E-state index in [-0.39, 0.29) is 17.8 Å². The van der Waals surface area contributed by atoms with Crippen molar-refractivity contribution >= 4 is 11.7 Å². The third-order valence-electron chi connectivity index (χ3n) is 5.72. The van der Waals surface area contributed by atoms with E-state index in [4.69, 9.17) is 4.74 Å². The Morgan fingerprint density at radius 2 is 2.00 bits per heavy atom. The van der Waals surface area contributed by atoms with Crippen molar-refractivity contribution < 1.29 is 18.7 Å². The number of ether oxygens (including phenoxy) is 1. The Morgan fingerprint density at radius 3 is 2.69 bits per heavy atom. The average molecular weight is 435 g/mol. The summed E-state index contributed by atoms with van der Waals surface area (Å²) in [6.45, 7) is 5.70. The lowest BCUT2D eigenvalue weighted by Crippen LogP contribution is -2.35. The summed E-state index contributed by atoms with van der Waals surface area (Å²) in [6, 6.07) is 10.0. The predicted octanol–water partition coefficient (Wildman–Crippen LogP) is 4.03. The van der Waals surface area contributed by atoms with E-state index in [0.29, 0.717) is 41.1 Å². The maximum atomic E-state index is 14.7. The second-order valence-electron chi connectivity index (χ2n) is 8.20. The maximum absolute atomic E-state index is 14.7. The van der Waals surface area contributed by atoms with Gasteiger partial charge in [-0.3, -0.25) is 14.3 Å². The van der Waals surface area contributed by atoms with Gasteiger partial charge in [-0.15, -0.1) is 0 Å². The number of carbonyl (C=O) groups excluding carboxylic acids is 2. The highest BCUT2D eigenvalue weighted by Gasteiger charge is 2.28. The van der Waals surface area contributed by atoms with Crippen LogP contribution in [0.3, 0.4) is 0 Å². The molecule has 6 nitrogen and oxygen atoms in total. The van der Waals surface area contributed by atoms with Crippen molar-refractivity contribution in [3.8, 4) is 16.9 Å². The molecule has 0 radical (unpaired) electrons. The first-order valence-corrected chi connectivity index (χ1v) is 10.7. The van der Waals surface area contributed by atoms with Gasteiger partial charge >= 0.3 is 0 Å². The van der Waals surface area contributed by atoms with Crippen molar-refractivity contribution in [3.63, 3.8) is 0 Å². The molecular formula is C25H26FN3O3. The van der Waals surface area contributed by atoms with E-state index in [1.165, 1.54) is 19.1 Å². The molecule has 1 aliphatic rings. The number of carbonyl (C=O) groups is 2. The number of nitrogens with one attached hydrogen (secondary N) is 1. The van der Waals surface area contributed by atoms with E-state index in [0.717, 1.165) is 23.2 Å². The number of fused-ring (bicyclic) bond motifs is 1. The molecule has 166 valence electrons. The molecule has 2 heterocycles. The van der Waals surface area contributed by atoms with Crippen LogP contribution in [0.4, 0.5) is 4.39 Å². The zero-order valence-electron chi connectivity index (χ0n) is 18.7. The summed E-state index contributed by atoms with van der Waals surface area (Å²) >= 11 is 0. The quantitative estimate of drug-likeness (QED) is 0.594. The Hall–Kier alpha value is -3.48. The SMILES string of the molecule is CCc1cc(C(=O)NC[C@H]2Cc3cc(C)cc(-c4cc(C(C)=O)ccc4F)c3O2)n(C)n1. The fourth-order valence-corrected chi connectivity index (χ4v) is 4.07. The van der Waals surface area contributed by atoms with Crippen LogP contribution in [-0.2, 0) is 19.9 Å². The first kappa shape index (κ1) is 21.7. The third kappa shape index (κ3) is 4.15. The maximum Gasteiger partial charge on any atom is 0.269 e. The number of benzene rings is 2. The minimum absolute atomic E-state index is 0.126. The number of rotatable bonds is 6. The van der Waals surface area contributed by atoms with E-state index in [1.807, 2.05) is 26.0 Å². The molecule has 0 unspecified atom stereocenters. The largest absolute Gasteiger partial charge is 0.487 e. The highest BCUT2D eigenvalue weighted by Crippen LogP contribution is 2.41. The number of halogens is 1. The van der Waals surface area contributed by atoms with Crippen molar-refractivity contribution in [1.82, 2.24) is 15.1 Å². The van der Waals surface area contributed by atoms with Gasteiger partial charge in [-0.1, -0.05) is 13.0 Å². The van der Waals surface area contributed by atoms with Crippen molar-refractivity contribution in [2.75, 3.05) is 6.54 Å². The highest BCUT2D eigenvalue weighted by molar-refractivity contribution is 5.95. The second-order valence-corrected chi connectivity index (χ2v) is 8.20. The minimum atomic E-state index is -0.411. The number of aromatic nitrogens is 2. The van der Waals surface area contributed by atoms with Crippen molar-refractivity contribution in [3.05, 3.63) is 70.3 Å². The summed E-state index contributed by atoms with van der Waals surface area (Å²) in [7, 11) is 1.74. The number of hydrogen-bond donors (Lipinski definition) is 1. The predicted molar refractivity (Wildman–Crippen MR) is 120 cm³/mol. The molecule has 3 aromatic rings. The van der Waals surface area contributed by atoms with Crippen LogP contribution in [-0.4, -0.2) is 34.1 Å². The van der Waals surface area contributed by atoms with Gasteiger partial charge in [-0.25, -0.2) is 4.39 Å². The summed E-state index contributed by atoms with van der Waals surface area (Å²) in [5, 5.41) is 7.23. The highest BCUT2D eigenvalue weighted by atomic mass is 19.1. The van der Waals surface area contributed by atoms with Crippen LogP contribution < -0.4 is 10.1 Å².